The minimum Gasteiger partial charge on any atom is -0.492 e. The molecule has 1 aromatic carbocycles. The Morgan fingerprint density at radius 3 is 3.10 bits per heavy atom. The van der Waals surface area contributed by atoms with E-state index in [0.29, 0.717) is 18.0 Å². The van der Waals surface area contributed by atoms with E-state index in [4.69, 9.17) is 4.74 Å². The van der Waals surface area contributed by atoms with E-state index in [-0.39, 0.29) is 24.2 Å². The van der Waals surface area contributed by atoms with Crippen molar-refractivity contribution in [3.63, 3.8) is 0 Å². The first-order valence-electron chi connectivity index (χ1n) is 6.36. The molecule has 2 N–H and O–H groups in total. The van der Waals surface area contributed by atoms with Crippen LogP contribution < -0.4 is 10.1 Å². The van der Waals surface area contributed by atoms with Crippen LogP contribution in [0.4, 0.5) is 10.2 Å². The number of carbonyl (C=O) groups is 1. The molecule has 0 bridgehead atoms. The molecule has 3 rings (SSSR count). The van der Waals surface area contributed by atoms with Crippen molar-refractivity contribution in [2.45, 2.75) is 13.3 Å². The molecule has 20 heavy (non-hydrogen) atoms. The van der Waals surface area contributed by atoms with Crippen molar-refractivity contribution in [3.05, 3.63) is 41.3 Å². The molecule has 1 amide bonds. The van der Waals surface area contributed by atoms with Gasteiger partial charge in [0.05, 0.1) is 5.92 Å². The van der Waals surface area contributed by atoms with Gasteiger partial charge in [-0.25, -0.2) is 4.39 Å². The molecule has 2 heterocycles. The summed E-state index contributed by atoms with van der Waals surface area (Å²) in [4.78, 5) is 12.1. The number of aromatic nitrogens is 2. The molecule has 0 saturated carbocycles. The van der Waals surface area contributed by atoms with E-state index in [9.17, 15) is 9.18 Å². The van der Waals surface area contributed by atoms with Crippen molar-refractivity contribution in [1.82, 2.24) is 10.2 Å². The average Bonchev–Trinajstić information content (AvgIpc) is 2.83. The summed E-state index contributed by atoms with van der Waals surface area (Å²) in [5.74, 6) is 0.233. The number of rotatable bonds is 2. The second-order valence-corrected chi connectivity index (χ2v) is 4.89. The van der Waals surface area contributed by atoms with E-state index in [1.165, 1.54) is 12.1 Å². The Labute approximate surface area is 115 Å². The molecule has 1 aliphatic rings. The molecule has 1 aromatic heterocycles. The van der Waals surface area contributed by atoms with Crippen molar-refractivity contribution in [2.24, 2.45) is 5.92 Å². The van der Waals surface area contributed by atoms with E-state index in [0.717, 1.165) is 11.3 Å². The zero-order valence-corrected chi connectivity index (χ0v) is 10.9. The van der Waals surface area contributed by atoms with Crippen LogP contribution in [0, 0.1) is 18.7 Å². The lowest BCUT2D eigenvalue weighted by Gasteiger charge is -2.24. The van der Waals surface area contributed by atoms with Gasteiger partial charge in [0, 0.05) is 17.8 Å². The maximum atomic E-state index is 13.1. The first-order chi connectivity index (χ1) is 9.61. The lowest BCUT2D eigenvalue weighted by atomic mass is 9.96. The molecule has 5 nitrogen and oxygen atoms in total. The standard InChI is InChI=1S/C14H14FN3O2/c1-8-4-13(18-17-8)16-14(19)10-5-9-2-3-11(15)6-12(9)20-7-10/h2-4,6,10H,5,7H2,1H3,(H2,16,17,18,19). The molecule has 6 heteroatoms. The van der Waals surface area contributed by atoms with Gasteiger partial charge in [0.15, 0.2) is 5.82 Å². The first-order valence-corrected chi connectivity index (χ1v) is 6.36. The summed E-state index contributed by atoms with van der Waals surface area (Å²) in [7, 11) is 0. The van der Waals surface area contributed by atoms with Gasteiger partial charge in [-0.15, -0.1) is 0 Å². The fourth-order valence-corrected chi connectivity index (χ4v) is 2.22. The number of halogens is 1. The predicted molar refractivity (Wildman–Crippen MR) is 71.0 cm³/mol. The van der Waals surface area contributed by atoms with Crippen LogP contribution in [0.2, 0.25) is 0 Å². The van der Waals surface area contributed by atoms with Crippen LogP contribution in [-0.4, -0.2) is 22.7 Å². The van der Waals surface area contributed by atoms with Gasteiger partial charge in [-0.05, 0) is 25.0 Å². The van der Waals surface area contributed by atoms with Gasteiger partial charge in [0.1, 0.15) is 18.2 Å². The largest absolute Gasteiger partial charge is 0.492 e. The Bertz CT molecular complexity index is 654. The van der Waals surface area contributed by atoms with E-state index >= 15 is 0 Å². The number of nitrogens with one attached hydrogen (secondary N) is 2. The summed E-state index contributed by atoms with van der Waals surface area (Å²) < 4.78 is 18.5. The summed E-state index contributed by atoms with van der Waals surface area (Å²) in [6, 6.07) is 6.13. The van der Waals surface area contributed by atoms with Gasteiger partial charge in [-0.3, -0.25) is 9.89 Å². The van der Waals surface area contributed by atoms with E-state index in [1.54, 1.807) is 12.1 Å². The molecule has 1 aliphatic heterocycles. The summed E-state index contributed by atoms with van der Waals surface area (Å²) in [5, 5.41) is 9.46. The number of hydrogen-bond acceptors (Lipinski definition) is 3. The number of fused-ring (bicyclic) bond motifs is 1. The fourth-order valence-electron chi connectivity index (χ4n) is 2.22. The minimum absolute atomic E-state index is 0.147. The lowest BCUT2D eigenvalue weighted by Crippen LogP contribution is -2.32. The highest BCUT2D eigenvalue weighted by Crippen LogP contribution is 2.28. The Kier molecular flexibility index (Phi) is 3.14. The number of carbonyl (C=O) groups excluding carboxylic acids is 1. The molecule has 0 saturated heterocycles. The number of H-pyrrole nitrogens is 1. The number of benzene rings is 1. The second kappa shape index (κ2) is 4.96. The van der Waals surface area contributed by atoms with Crippen LogP contribution in [-0.2, 0) is 11.2 Å². The average molecular weight is 275 g/mol. The van der Waals surface area contributed by atoms with Gasteiger partial charge in [0.2, 0.25) is 5.91 Å². The molecule has 0 fully saturated rings. The summed E-state index contributed by atoms with van der Waals surface area (Å²) in [6.45, 7) is 2.10. The van der Waals surface area contributed by atoms with E-state index in [2.05, 4.69) is 15.5 Å². The van der Waals surface area contributed by atoms with Crippen LogP contribution >= 0.6 is 0 Å². The van der Waals surface area contributed by atoms with E-state index < -0.39 is 0 Å². The van der Waals surface area contributed by atoms with Gasteiger partial charge in [-0.2, -0.15) is 5.10 Å². The normalized spacial score (nSPS) is 17.2. The fraction of sp³-hybridized carbons (Fsp3) is 0.286. The minimum atomic E-state index is -0.335. The number of amides is 1. The quantitative estimate of drug-likeness (QED) is 0.881. The third-order valence-electron chi connectivity index (χ3n) is 3.26. The Hall–Kier alpha value is -2.37. The number of aryl methyl sites for hydroxylation is 1. The van der Waals surface area contributed by atoms with Crippen molar-refractivity contribution in [1.29, 1.82) is 0 Å². The molecular formula is C14H14FN3O2. The SMILES string of the molecule is Cc1cc(NC(=O)C2COc3cc(F)ccc3C2)n[nH]1. The number of anilines is 1. The molecule has 104 valence electrons. The maximum Gasteiger partial charge on any atom is 0.232 e. The second-order valence-electron chi connectivity index (χ2n) is 4.89. The predicted octanol–water partition coefficient (Wildman–Crippen LogP) is 2.05. The van der Waals surface area contributed by atoms with Crippen LogP contribution in [0.15, 0.2) is 24.3 Å². The van der Waals surface area contributed by atoms with Crippen molar-refractivity contribution >= 4 is 11.7 Å². The summed E-state index contributed by atoms with van der Waals surface area (Å²) in [6.07, 6.45) is 0.533. The number of hydrogen-bond donors (Lipinski definition) is 2. The maximum absolute atomic E-state index is 13.1. The van der Waals surface area contributed by atoms with E-state index in [1.807, 2.05) is 6.92 Å². The van der Waals surface area contributed by atoms with Crippen LogP contribution in [0.25, 0.3) is 0 Å². The number of nitrogens with zero attached hydrogens (tertiary/aromatic N) is 1. The van der Waals surface area contributed by atoms with Crippen molar-refractivity contribution in [2.75, 3.05) is 11.9 Å². The van der Waals surface area contributed by atoms with Crippen molar-refractivity contribution in [3.8, 4) is 5.75 Å². The Morgan fingerprint density at radius 2 is 2.35 bits per heavy atom. The Balaban J connectivity index is 1.70. The van der Waals surface area contributed by atoms with Gasteiger partial charge in [-0.1, -0.05) is 6.07 Å². The molecule has 0 aliphatic carbocycles. The number of ether oxygens (including phenoxy) is 1. The molecule has 1 atom stereocenters. The van der Waals surface area contributed by atoms with Gasteiger partial charge in [0.25, 0.3) is 0 Å². The number of aromatic amines is 1. The highest BCUT2D eigenvalue weighted by molar-refractivity contribution is 5.92. The monoisotopic (exact) mass is 275 g/mol. The van der Waals surface area contributed by atoms with Crippen molar-refractivity contribution < 1.29 is 13.9 Å². The third-order valence-corrected chi connectivity index (χ3v) is 3.26. The van der Waals surface area contributed by atoms with Gasteiger partial charge >= 0.3 is 0 Å². The molecule has 0 spiro atoms. The highest BCUT2D eigenvalue weighted by atomic mass is 19.1. The first kappa shape index (κ1) is 12.7. The zero-order chi connectivity index (χ0) is 14.1. The molecule has 0 radical (unpaired) electrons. The smallest absolute Gasteiger partial charge is 0.232 e. The molecule has 1 unspecified atom stereocenters. The van der Waals surface area contributed by atoms with Crippen LogP contribution in [0.5, 0.6) is 5.75 Å². The highest BCUT2D eigenvalue weighted by Gasteiger charge is 2.26. The summed E-state index contributed by atoms with van der Waals surface area (Å²) >= 11 is 0. The van der Waals surface area contributed by atoms with Crippen LogP contribution in [0.1, 0.15) is 11.3 Å². The molecular weight excluding hydrogens is 261 g/mol. The van der Waals surface area contributed by atoms with Gasteiger partial charge < -0.3 is 10.1 Å². The lowest BCUT2D eigenvalue weighted by molar-refractivity contribution is -0.121. The topological polar surface area (TPSA) is 67.0 Å². The summed E-state index contributed by atoms with van der Waals surface area (Å²) in [5.41, 5.74) is 1.72. The zero-order valence-electron chi connectivity index (χ0n) is 10.9. The third kappa shape index (κ3) is 2.49. The Morgan fingerprint density at radius 1 is 1.50 bits per heavy atom. The molecule has 2 aromatic rings. The van der Waals surface area contributed by atoms with Crippen LogP contribution in [0.3, 0.4) is 0 Å².